The van der Waals surface area contributed by atoms with E-state index in [1.165, 1.54) is 6.07 Å². The van der Waals surface area contributed by atoms with Crippen LogP contribution in [0.15, 0.2) is 35.1 Å². The third-order valence-electron chi connectivity index (χ3n) is 2.61. The molecule has 19 heavy (non-hydrogen) atoms. The Morgan fingerprint density at radius 3 is 3.00 bits per heavy atom. The molecule has 1 aromatic heterocycles. The van der Waals surface area contributed by atoms with E-state index in [2.05, 4.69) is 26.2 Å². The normalized spacial score (nSPS) is 12.4. The molecule has 0 aliphatic carbocycles. The van der Waals surface area contributed by atoms with Crippen molar-refractivity contribution in [2.45, 2.75) is 13.0 Å². The second kappa shape index (κ2) is 6.16. The molecule has 1 heterocycles. The van der Waals surface area contributed by atoms with E-state index >= 15 is 0 Å². The monoisotopic (exact) mass is 327 g/mol. The Balaban J connectivity index is 2.25. The number of ether oxygens (including phenoxy) is 1. The molecule has 0 aliphatic rings. The summed E-state index contributed by atoms with van der Waals surface area (Å²) in [7, 11) is 1.65. The lowest BCUT2D eigenvalue weighted by atomic mass is 10.3. The highest BCUT2D eigenvalue weighted by molar-refractivity contribution is 9.10. The van der Waals surface area contributed by atoms with E-state index in [9.17, 15) is 4.39 Å². The lowest BCUT2D eigenvalue weighted by Crippen LogP contribution is -2.22. The van der Waals surface area contributed by atoms with Gasteiger partial charge in [-0.3, -0.25) is 4.57 Å². The summed E-state index contributed by atoms with van der Waals surface area (Å²) in [5, 5.41) is 3.24. The van der Waals surface area contributed by atoms with Gasteiger partial charge in [-0.1, -0.05) is 0 Å². The highest BCUT2D eigenvalue weighted by atomic mass is 79.9. The summed E-state index contributed by atoms with van der Waals surface area (Å²) >= 11 is 3.18. The second-order valence-corrected chi connectivity index (χ2v) is 5.07. The second-order valence-electron chi connectivity index (χ2n) is 4.22. The molecular weight excluding hydrogens is 313 g/mol. The van der Waals surface area contributed by atoms with E-state index < -0.39 is 0 Å². The third kappa shape index (κ3) is 3.33. The largest absolute Gasteiger partial charge is 0.383 e. The fourth-order valence-electron chi connectivity index (χ4n) is 1.77. The zero-order valence-corrected chi connectivity index (χ0v) is 12.3. The number of nitrogens with zero attached hydrogens (tertiary/aromatic N) is 2. The average molecular weight is 328 g/mol. The van der Waals surface area contributed by atoms with Crippen LogP contribution in [0.4, 0.5) is 10.3 Å². The molecule has 102 valence electrons. The van der Waals surface area contributed by atoms with Gasteiger partial charge in [0.2, 0.25) is 5.95 Å². The number of aromatic nitrogens is 2. The van der Waals surface area contributed by atoms with Gasteiger partial charge in [0.25, 0.3) is 0 Å². The molecule has 1 atom stereocenters. The molecule has 0 fully saturated rings. The summed E-state index contributed by atoms with van der Waals surface area (Å²) in [6.45, 7) is 2.59. The number of methoxy groups -OCH3 is 1. The Kier molecular flexibility index (Phi) is 4.55. The molecule has 0 radical (unpaired) electrons. The highest BCUT2D eigenvalue weighted by Gasteiger charge is 2.09. The van der Waals surface area contributed by atoms with Gasteiger partial charge in [-0.15, -0.1) is 0 Å². The van der Waals surface area contributed by atoms with E-state index in [0.29, 0.717) is 17.0 Å². The molecule has 0 saturated heterocycles. The molecule has 1 N–H and O–H groups in total. The number of rotatable bonds is 5. The van der Waals surface area contributed by atoms with Crippen molar-refractivity contribution in [3.05, 3.63) is 40.9 Å². The van der Waals surface area contributed by atoms with Crippen LogP contribution in [0.1, 0.15) is 6.92 Å². The van der Waals surface area contributed by atoms with Crippen molar-refractivity contribution in [2.75, 3.05) is 19.0 Å². The average Bonchev–Trinajstić information content (AvgIpc) is 2.81. The van der Waals surface area contributed by atoms with Gasteiger partial charge in [-0.05, 0) is 41.1 Å². The fraction of sp³-hybridized carbons (Fsp3) is 0.308. The molecule has 0 spiro atoms. The first-order chi connectivity index (χ1) is 9.11. The molecule has 0 amide bonds. The predicted molar refractivity (Wildman–Crippen MR) is 76.2 cm³/mol. The van der Waals surface area contributed by atoms with Crippen LogP contribution < -0.4 is 5.32 Å². The summed E-state index contributed by atoms with van der Waals surface area (Å²) in [6, 6.07) is 4.97. The van der Waals surface area contributed by atoms with E-state index in [0.717, 1.165) is 5.69 Å². The van der Waals surface area contributed by atoms with Crippen LogP contribution in [0.2, 0.25) is 0 Å². The van der Waals surface area contributed by atoms with Crippen LogP contribution in [0.3, 0.4) is 0 Å². The maximum absolute atomic E-state index is 13.2. The Morgan fingerprint density at radius 2 is 2.32 bits per heavy atom. The predicted octanol–water partition coefficient (Wildman–Crippen LogP) is 3.22. The van der Waals surface area contributed by atoms with Gasteiger partial charge in [0.05, 0.1) is 11.1 Å². The zero-order chi connectivity index (χ0) is 13.8. The SMILES string of the molecule is COCC(C)Nc1nccn1-c1ccc(F)c(Br)c1. The van der Waals surface area contributed by atoms with Gasteiger partial charge in [0.1, 0.15) is 5.82 Å². The van der Waals surface area contributed by atoms with Crippen molar-refractivity contribution >= 4 is 21.9 Å². The van der Waals surface area contributed by atoms with Crippen molar-refractivity contribution < 1.29 is 9.13 Å². The molecular formula is C13H15BrFN3O. The van der Waals surface area contributed by atoms with Crippen molar-refractivity contribution in [1.82, 2.24) is 9.55 Å². The topological polar surface area (TPSA) is 39.1 Å². The smallest absolute Gasteiger partial charge is 0.207 e. The summed E-state index contributed by atoms with van der Waals surface area (Å²) in [5.74, 6) is 0.411. The lowest BCUT2D eigenvalue weighted by Gasteiger charge is -2.15. The number of halogens is 2. The van der Waals surface area contributed by atoms with Gasteiger partial charge < -0.3 is 10.1 Å². The third-order valence-corrected chi connectivity index (χ3v) is 3.22. The van der Waals surface area contributed by atoms with Crippen LogP contribution in [-0.2, 0) is 4.74 Å². The Bertz CT molecular complexity index is 559. The molecule has 2 rings (SSSR count). The van der Waals surface area contributed by atoms with Gasteiger partial charge in [-0.25, -0.2) is 9.37 Å². The van der Waals surface area contributed by atoms with E-state index in [1.54, 1.807) is 25.4 Å². The lowest BCUT2D eigenvalue weighted by molar-refractivity contribution is 0.190. The summed E-state index contributed by atoms with van der Waals surface area (Å²) in [5.41, 5.74) is 0.831. The maximum Gasteiger partial charge on any atom is 0.207 e. The molecule has 1 aromatic carbocycles. The summed E-state index contributed by atoms with van der Waals surface area (Å²) in [6.07, 6.45) is 3.51. The first-order valence-corrected chi connectivity index (χ1v) is 6.65. The molecule has 6 heteroatoms. The Labute approximate surface area is 119 Å². The van der Waals surface area contributed by atoms with Gasteiger partial charge in [0.15, 0.2) is 0 Å². The molecule has 1 unspecified atom stereocenters. The summed E-state index contributed by atoms with van der Waals surface area (Å²) in [4.78, 5) is 4.25. The minimum Gasteiger partial charge on any atom is -0.383 e. The number of hydrogen-bond donors (Lipinski definition) is 1. The van der Waals surface area contributed by atoms with Crippen molar-refractivity contribution in [1.29, 1.82) is 0 Å². The van der Waals surface area contributed by atoms with Crippen molar-refractivity contribution in [3.8, 4) is 5.69 Å². The minimum absolute atomic E-state index is 0.134. The fourth-order valence-corrected chi connectivity index (χ4v) is 2.13. The van der Waals surface area contributed by atoms with Crippen LogP contribution in [0.5, 0.6) is 0 Å². The van der Waals surface area contributed by atoms with E-state index in [4.69, 9.17) is 4.74 Å². The quantitative estimate of drug-likeness (QED) is 0.916. The number of imidazole rings is 1. The first-order valence-electron chi connectivity index (χ1n) is 5.86. The highest BCUT2D eigenvalue weighted by Crippen LogP contribution is 2.22. The molecule has 0 aliphatic heterocycles. The molecule has 0 saturated carbocycles. The van der Waals surface area contributed by atoms with Crippen LogP contribution in [-0.4, -0.2) is 29.3 Å². The van der Waals surface area contributed by atoms with E-state index in [1.807, 2.05) is 17.7 Å². The number of benzene rings is 1. The molecule has 2 aromatic rings. The summed E-state index contributed by atoms with van der Waals surface area (Å²) < 4.78 is 20.6. The maximum atomic E-state index is 13.2. The van der Waals surface area contributed by atoms with Crippen LogP contribution >= 0.6 is 15.9 Å². The number of hydrogen-bond acceptors (Lipinski definition) is 3. The Hall–Kier alpha value is -1.40. The van der Waals surface area contributed by atoms with Gasteiger partial charge in [0, 0.05) is 31.2 Å². The standard InChI is InChI=1S/C13H15BrFN3O/c1-9(8-19-2)17-13-16-5-6-18(13)10-3-4-12(15)11(14)7-10/h3-7,9H,8H2,1-2H3,(H,16,17). The number of anilines is 1. The number of nitrogens with one attached hydrogen (secondary N) is 1. The molecule has 0 bridgehead atoms. The van der Waals surface area contributed by atoms with Crippen LogP contribution in [0.25, 0.3) is 5.69 Å². The van der Waals surface area contributed by atoms with Crippen molar-refractivity contribution in [2.24, 2.45) is 0 Å². The van der Waals surface area contributed by atoms with Gasteiger partial charge >= 0.3 is 0 Å². The van der Waals surface area contributed by atoms with E-state index in [-0.39, 0.29) is 11.9 Å². The van der Waals surface area contributed by atoms with Crippen LogP contribution in [0, 0.1) is 5.82 Å². The van der Waals surface area contributed by atoms with Crippen molar-refractivity contribution in [3.63, 3.8) is 0 Å². The van der Waals surface area contributed by atoms with Gasteiger partial charge in [-0.2, -0.15) is 0 Å². The molecule has 4 nitrogen and oxygen atoms in total. The minimum atomic E-state index is -0.286. The Morgan fingerprint density at radius 1 is 1.53 bits per heavy atom. The first kappa shape index (κ1) is 14.0. The zero-order valence-electron chi connectivity index (χ0n) is 10.7.